The van der Waals surface area contributed by atoms with Crippen LogP contribution < -0.4 is 14.8 Å². The van der Waals surface area contributed by atoms with E-state index in [2.05, 4.69) is 31.4 Å². The minimum atomic E-state index is 0.104. The zero-order valence-corrected chi connectivity index (χ0v) is 17.9. The van der Waals surface area contributed by atoms with Gasteiger partial charge in [0.1, 0.15) is 0 Å². The van der Waals surface area contributed by atoms with Crippen molar-refractivity contribution in [3.8, 4) is 22.9 Å². The van der Waals surface area contributed by atoms with Gasteiger partial charge in [0.2, 0.25) is 17.6 Å². The van der Waals surface area contributed by atoms with Crippen LogP contribution in [0.1, 0.15) is 51.3 Å². The number of carbonyl (C=O) groups is 1. The fourth-order valence-electron chi connectivity index (χ4n) is 3.40. The standard InChI is InChI=1S/C20H26BrN3O4/c1-3-27-16-12-13(11-15(21)19(16)26-2)20-23-18(28-24-20)10-6-9-17(25)22-14-7-4-5-8-14/h11-12,14H,3-10H2,1-2H3,(H,22,25). The predicted octanol–water partition coefficient (Wildman–Crippen LogP) is 4.29. The Labute approximate surface area is 173 Å². The van der Waals surface area contributed by atoms with Crippen LogP contribution in [0.4, 0.5) is 0 Å². The molecular formula is C20H26BrN3O4. The fraction of sp³-hybridized carbons (Fsp3) is 0.550. The third-order valence-electron chi connectivity index (χ3n) is 4.75. The molecule has 1 amide bonds. The maximum Gasteiger partial charge on any atom is 0.226 e. The van der Waals surface area contributed by atoms with Gasteiger partial charge in [-0.3, -0.25) is 4.79 Å². The van der Waals surface area contributed by atoms with Crippen LogP contribution in [0, 0.1) is 0 Å². The van der Waals surface area contributed by atoms with Crippen molar-refractivity contribution in [2.75, 3.05) is 13.7 Å². The van der Waals surface area contributed by atoms with E-state index in [1.807, 2.05) is 19.1 Å². The van der Waals surface area contributed by atoms with Crippen molar-refractivity contribution < 1.29 is 18.8 Å². The van der Waals surface area contributed by atoms with Crippen molar-refractivity contribution in [3.05, 3.63) is 22.5 Å². The topological polar surface area (TPSA) is 86.5 Å². The summed E-state index contributed by atoms with van der Waals surface area (Å²) in [6.45, 7) is 2.43. The number of benzene rings is 1. The second-order valence-electron chi connectivity index (χ2n) is 6.84. The normalized spacial score (nSPS) is 14.2. The van der Waals surface area contributed by atoms with E-state index in [0.29, 0.717) is 55.1 Å². The van der Waals surface area contributed by atoms with Gasteiger partial charge in [-0.2, -0.15) is 4.98 Å². The molecule has 1 fully saturated rings. The first-order valence-corrected chi connectivity index (χ1v) is 10.5. The van der Waals surface area contributed by atoms with Gasteiger partial charge in [0.15, 0.2) is 11.5 Å². The number of nitrogens with zero attached hydrogens (tertiary/aromatic N) is 2. The molecule has 0 aliphatic heterocycles. The molecule has 1 aromatic heterocycles. The van der Waals surface area contributed by atoms with Crippen molar-refractivity contribution >= 4 is 21.8 Å². The molecule has 0 unspecified atom stereocenters. The average molecular weight is 452 g/mol. The fourth-order valence-corrected chi connectivity index (χ4v) is 4.01. The molecule has 0 saturated heterocycles. The largest absolute Gasteiger partial charge is 0.492 e. The summed E-state index contributed by atoms with van der Waals surface area (Å²) in [5, 5.41) is 7.16. The summed E-state index contributed by atoms with van der Waals surface area (Å²) < 4.78 is 17.1. The van der Waals surface area contributed by atoms with Crippen molar-refractivity contribution in [1.29, 1.82) is 0 Å². The van der Waals surface area contributed by atoms with Crippen LogP contribution in [0.25, 0.3) is 11.4 Å². The molecule has 1 aromatic carbocycles. The van der Waals surface area contributed by atoms with Crippen molar-refractivity contribution in [2.24, 2.45) is 0 Å². The van der Waals surface area contributed by atoms with Crippen LogP contribution in [0.2, 0.25) is 0 Å². The Bertz CT molecular complexity index is 803. The minimum Gasteiger partial charge on any atom is -0.492 e. The molecule has 1 saturated carbocycles. The highest BCUT2D eigenvalue weighted by molar-refractivity contribution is 9.10. The highest BCUT2D eigenvalue weighted by Crippen LogP contribution is 2.39. The maximum atomic E-state index is 12.0. The summed E-state index contributed by atoms with van der Waals surface area (Å²) in [6.07, 6.45) is 6.33. The number of aryl methyl sites for hydroxylation is 1. The lowest BCUT2D eigenvalue weighted by molar-refractivity contribution is -0.121. The third kappa shape index (κ3) is 5.25. The average Bonchev–Trinajstić information content (AvgIpc) is 3.34. The third-order valence-corrected chi connectivity index (χ3v) is 5.34. The van der Waals surface area contributed by atoms with Gasteiger partial charge in [-0.1, -0.05) is 18.0 Å². The number of methoxy groups -OCH3 is 1. The zero-order valence-electron chi connectivity index (χ0n) is 16.3. The van der Waals surface area contributed by atoms with Gasteiger partial charge in [-0.25, -0.2) is 0 Å². The van der Waals surface area contributed by atoms with Crippen molar-refractivity contribution in [2.45, 2.75) is 57.9 Å². The van der Waals surface area contributed by atoms with E-state index in [1.165, 1.54) is 12.8 Å². The number of rotatable bonds is 9. The molecule has 2 aromatic rings. The monoisotopic (exact) mass is 451 g/mol. The van der Waals surface area contributed by atoms with Gasteiger partial charge in [0.05, 0.1) is 18.2 Å². The Kier molecular flexibility index (Phi) is 7.30. The highest BCUT2D eigenvalue weighted by atomic mass is 79.9. The summed E-state index contributed by atoms with van der Waals surface area (Å²) in [5.41, 5.74) is 0.769. The molecule has 0 radical (unpaired) electrons. The Morgan fingerprint density at radius 1 is 1.36 bits per heavy atom. The van der Waals surface area contributed by atoms with E-state index in [0.717, 1.165) is 22.9 Å². The summed E-state index contributed by atoms with van der Waals surface area (Å²) in [6, 6.07) is 4.05. The number of hydrogen-bond donors (Lipinski definition) is 1. The molecule has 28 heavy (non-hydrogen) atoms. The smallest absolute Gasteiger partial charge is 0.226 e. The Morgan fingerprint density at radius 2 is 2.14 bits per heavy atom. The molecule has 152 valence electrons. The van der Waals surface area contributed by atoms with Crippen LogP contribution in [-0.4, -0.2) is 35.8 Å². The summed E-state index contributed by atoms with van der Waals surface area (Å²) in [4.78, 5) is 16.5. The number of ether oxygens (including phenoxy) is 2. The van der Waals surface area contributed by atoms with Crippen LogP contribution in [0.5, 0.6) is 11.5 Å². The highest BCUT2D eigenvalue weighted by Gasteiger charge is 2.18. The van der Waals surface area contributed by atoms with Gasteiger partial charge in [0, 0.05) is 24.4 Å². The molecule has 8 heteroatoms. The molecule has 1 aliphatic carbocycles. The van der Waals surface area contributed by atoms with Gasteiger partial charge < -0.3 is 19.3 Å². The van der Waals surface area contributed by atoms with Gasteiger partial charge >= 0.3 is 0 Å². The van der Waals surface area contributed by atoms with E-state index >= 15 is 0 Å². The first-order chi connectivity index (χ1) is 13.6. The molecule has 0 bridgehead atoms. The van der Waals surface area contributed by atoms with E-state index in [1.54, 1.807) is 7.11 Å². The molecule has 0 atom stereocenters. The van der Waals surface area contributed by atoms with E-state index in [4.69, 9.17) is 14.0 Å². The van der Waals surface area contributed by atoms with Crippen molar-refractivity contribution in [1.82, 2.24) is 15.5 Å². The molecule has 1 aliphatic rings. The van der Waals surface area contributed by atoms with Crippen LogP contribution >= 0.6 is 15.9 Å². The lowest BCUT2D eigenvalue weighted by Crippen LogP contribution is -2.32. The van der Waals surface area contributed by atoms with Gasteiger partial charge in [-0.05, 0) is 54.2 Å². The first-order valence-electron chi connectivity index (χ1n) is 9.73. The Balaban J connectivity index is 1.58. The van der Waals surface area contributed by atoms with Gasteiger partial charge in [-0.15, -0.1) is 0 Å². The second kappa shape index (κ2) is 9.91. The maximum absolute atomic E-state index is 12.0. The molecule has 3 rings (SSSR count). The molecule has 1 N–H and O–H groups in total. The Hall–Kier alpha value is -2.09. The molecule has 0 spiro atoms. The SMILES string of the molecule is CCOc1cc(-c2noc(CCCC(=O)NC3CCCC3)n2)cc(Br)c1OC. The summed E-state index contributed by atoms with van der Waals surface area (Å²) >= 11 is 3.49. The zero-order chi connectivity index (χ0) is 19.9. The molecule has 1 heterocycles. The number of nitrogens with one attached hydrogen (secondary N) is 1. The van der Waals surface area contributed by atoms with E-state index in [9.17, 15) is 4.79 Å². The number of aromatic nitrogens is 2. The lowest BCUT2D eigenvalue weighted by atomic mass is 10.2. The quantitative estimate of drug-likeness (QED) is 0.611. The predicted molar refractivity (Wildman–Crippen MR) is 108 cm³/mol. The van der Waals surface area contributed by atoms with Crippen molar-refractivity contribution in [3.63, 3.8) is 0 Å². The molecular weight excluding hydrogens is 426 g/mol. The Morgan fingerprint density at radius 3 is 2.86 bits per heavy atom. The van der Waals surface area contributed by atoms with Crippen LogP contribution in [0.3, 0.4) is 0 Å². The number of amides is 1. The van der Waals surface area contributed by atoms with Crippen LogP contribution in [0.15, 0.2) is 21.1 Å². The first kappa shape index (κ1) is 20.6. The van der Waals surface area contributed by atoms with Gasteiger partial charge in [0.25, 0.3) is 0 Å². The van der Waals surface area contributed by atoms with E-state index < -0.39 is 0 Å². The number of hydrogen-bond acceptors (Lipinski definition) is 6. The van der Waals surface area contributed by atoms with Crippen LogP contribution in [-0.2, 0) is 11.2 Å². The lowest BCUT2D eigenvalue weighted by Gasteiger charge is -2.12. The second-order valence-corrected chi connectivity index (χ2v) is 7.69. The number of halogens is 1. The van der Waals surface area contributed by atoms with E-state index in [-0.39, 0.29) is 5.91 Å². The summed E-state index contributed by atoms with van der Waals surface area (Å²) in [5.74, 6) is 2.35. The molecule has 7 nitrogen and oxygen atoms in total. The minimum absolute atomic E-state index is 0.104. The summed E-state index contributed by atoms with van der Waals surface area (Å²) in [7, 11) is 1.59. The number of carbonyl (C=O) groups excluding carboxylic acids is 1.